The Balaban J connectivity index is 1.99. The van der Waals surface area contributed by atoms with Gasteiger partial charge < -0.3 is 10.6 Å². The summed E-state index contributed by atoms with van der Waals surface area (Å²) in [6, 6.07) is 6.52. The first-order valence-corrected chi connectivity index (χ1v) is 8.49. The topological polar surface area (TPSA) is 46.3 Å². The highest BCUT2D eigenvalue weighted by atomic mass is 32.1. The molecule has 2 heterocycles. The van der Waals surface area contributed by atoms with E-state index in [1.54, 1.807) is 0 Å². The zero-order valence-corrected chi connectivity index (χ0v) is 13.5. The van der Waals surface area contributed by atoms with Gasteiger partial charge in [0.05, 0.1) is 5.69 Å². The summed E-state index contributed by atoms with van der Waals surface area (Å²) in [7, 11) is 0. The second kappa shape index (κ2) is 5.68. The van der Waals surface area contributed by atoms with E-state index in [1.165, 1.54) is 29.7 Å². The zero-order valence-electron chi connectivity index (χ0n) is 12.7. The molecular weight excluding hydrogens is 280 g/mol. The molecule has 112 valence electrons. The first kappa shape index (κ1) is 14.4. The van der Waals surface area contributed by atoms with Crippen molar-refractivity contribution in [2.45, 2.75) is 45.6 Å². The van der Waals surface area contributed by atoms with Crippen LogP contribution in [0.15, 0.2) is 18.2 Å². The summed E-state index contributed by atoms with van der Waals surface area (Å²) in [5, 5.41) is 1.02. The second-order valence-corrected chi connectivity index (χ2v) is 7.09. The van der Waals surface area contributed by atoms with Gasteiger partial charge in [-0.2, -0.15) is 0 Å². The van der Waals surface area contributed by atoms with Crippen LogP contribution in [-0.4, -0.2) is 23.4 Å². The van der Waals surface area contributed by atoms with Crippen LogP contribution in [0.5, 0.6) is 0 Å². The van der Waals surface area contributed by atoms with Crippen LogP contribution in [0.1, 0.15) is 47.8 Å². The van der Waals surface area contributed by atoms with Crippen LogP contribution in [0.2, 0.25) is 0 Å². The summed E-state index contributed by atoms with van der Waals surface area (Å²) in [4.78, 5) is 15.6. The highest BCUT2D eigenvalue weighted by molar-refractivity contribution is 7.21. The third-order valence-corrected chi connectivity index (χ3v) is 5.56. The number of fused-ring (bicyclic) bond motifs is 1. The number of thiophene rings is 1. The third-order valence-electron chi connectivity index (χ3n) is 4.39. The molecule has 2 N–H and O–H groups in total. The molecule has 3 rings (SSSR count). The van der Waals surface area contributed by atoms with Crippen molar-refractivity contribution in [2.24, 2.45) is 0 Å². The van der Waals surface area contributed by atoms with Gasteiger partial charge in [-0.25, -0.2) is 0 Å². The van der Waals surface area contributed by atoms with Crippen molar-refractivity contribution < 1.29 is 4.79 Å². The van der Waals surface area contributed by atoms with Crippen LogP contribution in [0.3, 0.4) is 0 Å². The molecule has 0 spiro atoms. The highest BCUT2D eigenvalue weighted by Crippen LogP contribution is 2.35. The number of aryl methyl sites for hydroxylation is 1. The summed E-state index contributed by atoms with van der Waals surface area (Å²) < 4.78 is 1.10. The van der Waals surface area contributed by atoms with Crippen molar-refractivity contribution in [1.29, 1.82) is 0 Å². The summed E-state index contributed by atoms with van der Waals surface area (Å²) in [5.74, 6) is 0.112. The number of likely N-dealkylation sites (tertiary alicyclic amines) is 1. The molecule has 4 heteroatoms. The maximum atomic E-state index is 12.9. The minimum atomic E-state index is 0.112. The minimum absolute atomic E-state index is 0.112. The van der Waals surface area contributed by atoms with Gasteiger partial charge in [-0.3, -0.25) is 4.79 Å². The van der Waals surface area contributed by atoms with Gasteiger partial charge in [-0.05, 0) is 38.8 Å². The molecule has 1 saturated heterocycles. The molecule has 0 radical (unpaired) electrons. The lowest BCUT2D eigenvalue weighted by atomic mass is 10.1. The standard InChI is InChI=1S/C17H22N2OS/c1-11-7-8-14-13(10-11)15(18)16(21-14)17(20)19-9-5-3-4-6-12(19)2/h7-8,10,12H,3-6,9,18H2,1-2H3. The number of nitrogens with two attached hydrogens (primary N) is 1. The number of hydrogen-bond donors (Lipinski definition) is 1. The van der Waals surface area contributed by atoms with E-state index in [0.29, 0.717) is 16.6 Å². The zero-order chi connectivity index (χ0) is 15.0. The maximum absolute atomic E-state index is 12.9. The number of nitrogens with zero attached hydrogens (tertiary/aromatic N) is 1. The molecule has 1 aliphatic rings. The fourth-order valence-corrected chi connectivity index (χ4v) is 4.16. The molecular formula is C17H22N2OS. The van der Waals surface area contributed by atoms with Gasteiger partial charge in [0.2, 0.25) is 0 Å². The largest absolute Gasteiger partial charge is 0.397 e. The Morgan fingerprint density at radius 1 is 1.33 bits per heavy atom. The Hall–Kier alpha value is -1.55. The highest BCUT2D eigenvalue weighted by Gasteiger charge is 2.26. The summed E-state index contributed by atoms with van der Waals surface area (Å²) in [5.41, 5.74) is 8.09. The van der Waals surface area contributed by atoms with Crippen LogP contribution in [-0.2, 0) is 0 Å². The molecule has 1 atom stereocenters. The van der Waals surface area contributed by atoms with E-state index in [9.17, 15) is 4.79 Å². The average Bonchev–Trinajstić information content (AvgIpc) is 2.64. The Kier molecular flexibility index (Phi) is 3.89. The molecule has 0 saturated carbocycles. The summed E-state index contributed by atoms with van der Waals surface area (Å²) in [6.07, 6.45) is 4.62. The number of benzene rings is 1. The quantitative estimate of drug-likeness (QED) is 0.858. The Morgan fingerprint density at radius 3 is 2.95 bits per heavy atom. The fourth-order valence-electron chi connectivity index (χ4n) is 3.10. The van der Waals surface area contributed by atoms with Gasteiger partial charge in [0.25, 0.3) is 5.91 Å². The number of carbonyl (C=O) groups excluding carboxylic acids is 1. The molecule has 1 unspecified atom stereocenters. The molecule has 0 bridgehead atoms. The summed E-state index contributed by atoms with van der Waals surface area (Å²) >= 11 is 1.53. The lowest BCUT2D eigenvalue weighted by Gasteiger charge is -2.26. The molecule has 1 amide bonds. The number of amides is 1. The lowest BCUT2D eigenvalue weighted by molar-refractivity contribution is 0.0704. The van der Waals surface area contributed by atoms with Crippen LogP contribution in [0.4, 0.5) is 5.69 Å². The van der Waals surface area contributed by atoms with Crippen molar-refractivity contribution in [3.8, 4) is 0 Å². The summed E-state index contributed by atoms with van der Waals surface area (Å²) in [6.45, 7) is 5.05. The van der Waals surface area contributed by atoms with E-state index in [1.807, 2.05) is 4.90 Å². The Bertz CT molecular complexity index is 677. The van der Waals surface area contributed by atoms with E-state index >= 15 is 0 Å². The number of nitrogen functional groups attached to an aromatic ring is 1. The van der Waals surface area contributed by atoms with Crippen LogP contribution >= 0.6 is 11.3 Å². The molecule has 21 heavy (non-hydrogen) atoms. The molecule has 1 fully saturated rings. The van der Waals surface area contributed by atoms with E-state index in [2.05, 4.69) is 32.0 Å². The van der Waals surface area contributed by atoms with Crippen molar-refractivity contribution in [3.63, 3.8) is 0 Å². The number of hydrogen-bond acceptors (Lipinski definition) is 3. The van der Waals surface area contributed by atoms with E-state index in [0.717, 1.165) is 29.5 Å². The third kappa shape index (κ3) is 2.64. The van der Waals surface area contributed by atoms with Gasteiger partial charge in [0, 0.05) is 22.7 Å². The lowest BCUT2D eigenvalue weighted by Crippen LogP contribution is -2.38. The van der Waals surface area contributed by atoms with Gasteiger partial charge >= 0.3 is 0 Å². The molecule has 3 nitrogen and oxygen atoms in total. The van der Waals surface area contributed by atoms with Crippen LogP contribution in [0, 0.1) is 6.92 Å². The van der Waals surface area contributed by atoms with Crippen LogP contribution < -0.4 is 5.73 Å². The second-order valence-electron chi connectivity index (χ2n) is 6.04. The van der Waals surface area contributed by atoms with Crippen molar-refractivity contribution in [3.05, 3.63) is 28.6 Å². The SMILES string of the molecule is Cc1ccc2sc(C(=O)N3CCCCCC3C)c(N)c2c1. The molecule has 2 aromatic rings. The average molecular weight is 302 g/mol. The van der Waals surface area contributed by atoms with E-state index in [-0.39, 0.29) is 5.91 Å². The molecule has 1 aliphatic heterocycles. The smallest absolute Gasteiger partial charge is 0.266 e. The van der Waals surface area contributed by atoms with Crippen molar-refractivity contribution >= 4 is 33.0 Å². The van der Waals surface area contributed by atoms with Crippen molar-refractivity contribution in [2.75, 3.05) is 12.3 Å². The maximum Gasteiger partial charge on any atom is 0.266 e. The van der Waals surface area contributed by atoms with Gasteiger partial charge in [0.15, 0.2) is 0 Å². The first-order valence-electron chi connectivity index (χ1n) is 7.67. The fraction of sp³-hybridized carbons (Fsp3) is 0.471. The molecule has 1 aromatic heterocycles. The molecule has 0 aliphatic carbocycles. The minimum Gasteiger partial charge on any atom is -0.397 e. The number of anilines is 1. The predicted molar refractivity (Wildman–Crippen MR) is 89.9 cm³/mol. The Morgan fingerprint density at radius 2 is 2.14 bits per heavy atom. The van der Waals surface area contributed by atoms with Crippen LogP contribution in [0.25, 0.3) is 10.1 Å². The van der Waals surface area contributed by atoms with Gasteiger partial charge in [-0.15, -0.1) is 11.3 Å². The predicted octanol–water partition coefficient (Wildman–Crippen LogP) is 4.20. The van der Waals surface area contributed by atoms with Crippen molar-refractivity contribution in [1.82, 2.24) is 4.90 Å². The molecule has 1 aromatic carbocycles. The van der Waals surface area contributed by atoms with E-state index < -0.39 is 0 Å². The Labute approximate surface area is 129 Å². The monoisotopic (exact) mass is 302 g/mol. The first-order chi connectivity index (χ1) is 10.1. The number of rotatable bonds is 1. The number of carbonyl (C=O) groups is 1. The normalized spacial score (nSPS) is 19.7. The van der Waals surface area contributed by atoms with Gasteiger partial charge in [-0.1, -0.05) is 24.5 Å². The van der Waals surface area contributed by atoms with Gasteiger partial charge in [0.1, 0.15) is 4.88 Å². The van der Waals surface area contributed by atoms with E-state index in [4.69, 9.17) is 5.73 Å².